The van der Waals surface area contributed by atoms with Gasteiger partial charge in [-0.15, -0.1) is 0 Å². The summed E-state index contributed by atoms with van der Waals surface area (Å²) < 4.78 is 45.0. The van der Waals surface area contributed by atoms with Crippen LogP contribution in [0.4, 0.5) is 5.69 Å². The fourth-order valence-corrected chi connectivity index (χ4v) is 3.93. The standard InChI is InChI=1S/C20H16ClNO5S/c21-14-6-8-18(27-15-4-2-1-3-5-15)17(12-14)22-28(23,24)16-7-9-19-20(13-16)26-11-10-25-19/h1-9,12-13,22H,10-11H2. The molecule has 3 aromatic carbocycles. The van der Waals surface area contributed by atoms with Crippen LogP contribution in [-0.2, 0) is 10.0 Å². The number of anilines is 1. The molecule has 1 aliphatic rings. The highest BCUT2D eigenvalue weighted by Crippen LogP contribution is 2.36. The van der Waals surface area contributed by atoms with Gasteiger partial charge in [-0.2, -0.15) is 0 Å². The molecule has 8 heteroatoms. The molecule has 144 valence electrons. The van der Waals surface area contributed by atoms with Crippen molar-refractivity contribution < 1.29 is 22.6 Å². The van der Waals surface area contributed by atoms with E-state index in [9.17, 15) is 8.42 Å². The summed E-state index contributed by atoms with van der Waals surface area (Å²) >= 11 is 6.06. The first-order chi connectivity index (χ1) is 13.5. The van der Waals surface area contributed by atoms with E-state index in [1.54, 1.807) is 30.3 Å². The maximum absolute atomic E-state index is 12.9. The van der Waals surface area contributed by atoms with Crippen molar-refractivity contribution in [3.05, 3.63) is 71.8 Å². The van der Waals surface area contributed by atoms with E-state index in [0.717, 1.165) is 0 Å². The number of benzene rings is 3. The van der Waals surface area contributed by atoms with Crippen molar-refractivity contribution in [1.82, 2.24) is 0 Å². The van der Waals surface area contributed by atoms with E-state index in [4.69, 9.17) is 25.8 Å². The molecule has 0 saturated heterocycles. The van der Waals surface area contributed by atoms with Gasteiger partial charge in [-0.3, -0.25) is 4.72 Å². The van der Waals surface area contributed by atoms with E-state index in [0.29, 0.717) is 41.2 Å². The average Bonchev–Trinajstić information content (AvgIpc) is 2.70. The van der Waals surface area contributed by atoms with E-state index in [2.05, 4.69) is 4.72 Å². The van der Waals surface area contributed by atoms with E-state index >= 15 is 0 Å². The Kier molecular flexibility index (Phi) is 5.02. The van der Waals surface area contributed by atoms with Gasteiger partial charge in [-0.05, 0) is 42.5 Å². The second-order valence-electron chi connectivity index (χ2n) is 5.97. The average molecular weight is 418 g/mol. The maximum atomic E-state index is 12.9. The Hall–Kier alpha value is -2.90. The lowest BCUT2D eigenvalue weighted by Gasteiger charge is -2.19. The molecule has 0 unspecified atom stereocenters. The Morgan fingerprint density at radius 3 is 2.43 bits per heavy atom. The molecule has 0 aliphatic carbocycles. The minimum atomic E-state index is -3.90. The summed E-state index contributed by atoms with van der Waals surface area (Å²) in [4.78, 5) is 0.0439. The van der Waals surface area contributed by atoms with Crippen molar-refractivity contribution in [2.24, 2.45) is 0 Å². The number of hydrogen-bond donors (Lipinski definition) is 1. The number of rotatable bonds is 5. The van der Waals surface area contributed by atoms with Crippen LogP contribution >= 0.6 is 11.6 Å². The van der Waals surface area contributed by atoms with Gasteiger partial charge in [0.2, 0.25) is 0 Å². The van der Waals surface area contributed by atoms with Crippen LogP contribution in [0.3, 0.4) is 0 Å². The van der Waals surface area contributed by atoms with Crippen molar-refractivity contribution in [3.63, 3.8) is 0 Å². The molecule has 0 amide bonds. The number of sulfonamides is 1. The lowest BCUT2D eigenvalue weighted by atomic mass is 10.3. The van der Waals surface area contributed by atoms with Crippen LogP contribution in [0.5, 0.6) is 23.0 Å². The first kappa shape index (κ1) is 18.5. The van der Waals surface area contributed by atoms with Gasteiger partial charge in [0, 0.05) is 11.1 Å². The first-order valence-corrected chi connectivity index (χ1v) is 10.3. The summed E-state index contributed by atoms with van der Waals surface area (Å²) in [6.45, 7) is 0.799. The number of hydrogen-bond acceptors (Lipinski definition) is 5. The Labute approximate surface area is 167 Å². The smallest absolute Gasteiger partial charge is 0.262 e. The second kappa shape index (κ2) is 7.61. The molecule has 0 aromatic heterocycles. The summed E-state index contributed by atoms with van der Waals surface area (Å²) in [5.41, 5.74) is 0.228. The van der Waals surface area contributed by atoms with Gasteiger partial charge in [0.15, 0.2) is 17.2 Å². The number of fused-ring (bicyclic) bond motifs is 1. The van der Waals surface area contributed by atoms with Crippen molar-refractivity contribution in [1.29, 1.82) is 0 Å². The van der Waals surface area contributed by atoms with Gasteiger partial charge >= 0.3 is 0 Å². The monoisotopic (exact) mass is 417 g/mol. The third-order valence-corrected chi connectivity index (χ3v) is 5.58. The molecular formula is C20H16ClNO5S. The molecular weight excluding hydrogens is 402 g/mol. The second-order valence-corrected chi connectivity index (χ2v) is 8.09. The SMILES string of the molecule is O=S(=O)(Nc1cc(Cl)ccc1Oc1ccccc1)c1ccc2c(c1)OCCO2. The molecule has 0 spiro atoms. The Balaban J connectivity index is 1.65. The highest BCUT2D eigenvalue weighted by Gasteiger charge is 2.21. The molecule has 1 heterocycles. The predicted molar refractivity (Wildman–Crippen MR) is 106 cm³/mol. The van der Waals surface area contributed by atoms with Gasteiger partial charge in [0.25, 0.3) is 10.0 Å². The molecule has 28 heavy (non-hydrogen) atoms. The van der Waals surface area contributed by atoms with Crippen LogP contribution < -0.4 is 18.9 Å². The largest absolute Gasteiger partial charge is 0.486 e. The first-order valence-electron chi connectivity index (χ1n) is 8.46. The van der Waals surface area contributed by atoms with Crippen LogP contribution in [0.1, 0.15) is 0 Å². The van der Waals surface area contributed by atoms with E-state index in [-0.39, 0.29) is 10.6 Å². The van der Waals surface area contributed by atoms with Crippen molar-refractivity contribution in [3.8, 4) is 23.0 Å². The van der Waals surface area contributed by atoms with Crippen LogP contribution in [0.15, 0.2) is 71.6 Å². The quantitative estimate of drug-likeness (QED) is 0.651. The minimum absolute atomic E-state index is 0.0439. The van der Waals surface area contributed by atoms with E-state index in [1.165, 1.54) is 18.2 Å². The van der Waals surface area contributed by atoms with Crippen LogP contribution in [0, 0.1) is 0 Å². The summed E-state index contributed by atoms with van der Waals surface area (Å²) in [6, 6.07) is 18.2. The number of para-hydroxylation sites is 1. The Bertz CT molecular complexity index is 1100. The zero-order valence-corrected chi connectivity index (χ0v) is 16.2. The van der Waals surface area contributed by atoms with E-state index < -0.39 is 10.0 Å². The fourth-order valence-electron chi connectivity index (χ4n) is 2.68. The number of ether oxygens (including phenoxy) is 3. The van der Waals surface area contributed by atoms with Gasteiger partial charge < -0.3 is 14.2 Å². The molecule has 0 radical (unpaired) electrons. The lowest BCUT2D eigenvalue weighted by Crippen LogP contribution is -2.17. The number of nitrogens with one attached hydrogen (secondary N) is 1. The summed E-state index contributed by atoms with van der Waals surface area (Å²) in [6.07, 6.45) is 0. The molecule has 0 atom stereocenters. The number of halogens is 1. The molecule has 0 fully saturated rings. The molecule has 1 aliphatic heterocycles. The molecule has 0 saturated carbocycles. The zero-order valence-electron chi connectivity index (χ0n) is 14.6. The molecule has 6 nitrogen and oxygen atoms in total. The summed E-state index contributed by atoms with van der Waals surface area (Å²) in [7, 11) is -3.90. The molecule has 4 rings (SSSR count). The van der Waals surface area contributed by atoms with Crippen LogP contribution in [-0.4, -0.2) is 21.6 Å². The van der Waals surface area contributed by atoms with Gasteiger partial charge in [-0.1, -0.05) is 29.8 Å². The van der Waals surface area contributed by atoms with Crippen molar-refractivity contribution in [2.75, 3.05) is 17.9 Å². The van der Waals surface area contributed by atoms with Crippen molar-refractivity contribution >= 4 is 27.3 Å². The molecule has 0 bridgehead atoms. The predicted octanol–water partition coefficient (Wildman–Crippen LogP) is 4.70. The van der Waals surface area contributed by atoms with Crippen molar-refractivity contribution in [2.45, 2.75) is 4.90 Å². The third kappa shape index (κ3) is 4.00. The van der Waals surface area contributed by atoms with Gasteiger partial charge in [-0.25, -0.2) is 8.42 Å². The Morgan fingerprint density at radius 2 is 1.64 bits per heavy atom. The topological polar surface area (TPSA) is 73.9 Å². The fraction of sp³-hybridized carbons (Fsp3) is 0.100. The highest BCUT2D eigenvalue weighted by molar-refractivity contribution is 7.92. The zero-order chi connectivity index (χ0) is 19.6. The van der Waals surface area contributed by atoms with Crippen LogP contribution in [0.25, 0.3) is 0 Å². The third-order valence-electron chi connectivity index (χ3n) is 3.98. The summed E-state index contributed by atoms with van der Waals surface area (Å²) in [5.74, 6) is 1.81. The van der Waals surface area contributed by atoms with Crippen LogP contribution in [0.2, 0.25) is 5.02 Å². The maximum Gasteiger partial charge on any atom is 0.262 e. The summed E-state index contributed by atoms with van der Waals surface area (Å²) in [5, 5.41) is 0.375. The van der Waals surface area contributed by atoms with E-state index in [1.807, 2.05) is 18.2 Å². The highest BCUT2D eigenvalue weighted by atomic mass is 35.5. The normalized spacial score (nSPS) is 13.0. The minimum Gasteiger partial charge on any atom is -0.486 e. The molecule has 1 N–H and O–H groups in total. The van der Waals surface area contributed by atoms with Gasteiger partial charge in [0.05, 0.1) is 10.6 Å². The lowest BCUT2D eigenvalue weighted by molar-refractivity contribution is 0.171. The Morgan fingerprint density at radius 1 is 0.893 bits per heavy atom. The van der Waals surface area contributed by atoms with Gasteiger partial charge in [0.1, 0.15) is 19.0 Å². The molecule has 3 aromatic rings.